The summed E-state index contributed by atoms with van der Waals surface area (Å²) in [6, 6.07) is 10.3. The Hall–Kier alpha value is -1.55. The van der Waals surface area contributed by atoms with E-state index >= 15 is 0 Å². The van der Waals surface area contributed by atoms with Gasteiger partial charge in [0, 0.05) is 25.8 Å². The van der Waals surface area contributed by atoms with Crippen LogP contribution in [0.5, 0.6) is 0 Å². The molecule has 4 heteroatoms. The SMILES string of the molecule is CC(C)[C@H]1CC[C@H](C)C[C@H]1OCC(=O)NCCCN(C)c1ccccc1. The molecule has 0 heterocycles. The standard InChI is InChI=1S/C22H36N2O2/c1-17(2)20-12-11-18(3)15-21(20)26-16-22(25)23-13-8-14-24(4)19-9-6-5-7-10-19/h5-7,9-10,17-18,20-21H,8,11-16H2,1-4H3,(H,23,25)/t18-,20+,21+/m0/s1. The fraction of sp³-hybridized carbons (Fsp3) is 0.682. The minimum Gasteiger partial charge on any atom is -0.375 e. The van der Waals surface area contributed by atoms with Crippen molar-refractivity contribution in [2.75, 3.05) is 31.6 Å². The Kier molecular flexibility index (Phi) is 8.43. The normalized spacial score (nSPS) is 23.0. The van der Waals surface area contributed by atoms with Crippen molar-refractivity contribution in [3.63, 3.8) is 0 Å². The Bertz CT molecular complexity index is 532. The third-order valence-electron chi connectivity index (χ3n) is 5.58. The molecule has 0 aromatic heterocycles. The van der Waals surface area contributed by atoms with Crippen LogP contribution in [-0.4, -0.2) is 38.8 Å². The Morgan fingerprint density at radius 3 is 2.69 bits per heavy atom. The summed E-state index contributed by atoms with van der Waals surface area (Å²) >= 11 is 0. The average Bonchev–Trinajstić information content (AvgIpc) is 2.64. The lowest BCUT2D eigenvalue weighted by atomic mass is 9.75. The van der Waals surface area contributed by atoms with E-state index in [1.807, 2.05) is 18.2 Å². The predicted molar refractivity (Wildman–Crippen MR) is 108 cm³/mol. The number of nitrogens with zero attached hydrogens (tertiary/aromatic N) is 1. The van der Waals surface area contributed by atoms with Gasteiger partial charge < -0.3 is 15.0 Å². The highest BCUT2D eigenvalue weighted by Gasteiger charge is 2.31. The quantitative estimate of drug-likeness (QED) is 0.674. The lowest BCUT2D eigenvalue weighted by Crippen LogP contribution is -2.38. The molecule has 0 radical (unpaired) electrons. The predicted octanol–water partition coefficient (Wildman–Crippen LogP) is 4.11. The maximum Gasteiger partial charge on any atom is 0.246 e. The fourth-order valence-electron chi connectivity index (χ4n) is 3.90. The van der Waals surface area contributed by atoms with Gasteiger partial charge in [0.25, 0.3) is 0 Å². The summed E-state index contributed by atoms with van der Waals surface area (Å²) in [6.07, 6.45) is 4.74. The van der Waals surface area contributed by atoms with E-state index in [9.17, 15) is 4.79 Å². The van der Waals surface area contributed by atoms with Crippen LogP contribution in [0.4, 0.5) is 5.69 Å². The molecule has 4 nitrogen and oxygen atoms in total. The monoisotopic (exact) mass is 360 g/mol. The largest absolute Gasteiger partial charge is 0.375 e. The number of carbonyl (C=O) groups is 1. The maximum atomic E-state index is 12.1. The van der Waals surface area contributed by atoms with Crippen LogP contribution >= 0.6 is 0 Å². The summed E-state index contributed by atoms with van der Waals surface area (Å²) in [5.74, 6) is 1.90. The number of hydrogen-bond donors (Lipinski definition) is 1. The molecule has 1 aromatic carbocycles. The van der Waals surface area contributed by atoms with Crippen molar-refractivity contribution in [2.45, 2.75) is 52.6 Å². The van der Waals surface area contributed by atoms with Gasteiger partial charge in [0.1, 0.15) is 6.61 Å². The van der Waals surface area contributed by atoms with Gasteiger partial charge in [-0.25, -0.2) is 0 Å². The molecule has 0 aliphatic heterocycles. The number of benzene rings is 1. The van der Waals surface area contributed by atoms with Crippen molar-refractivity contribution < 1.29 is 9.53 Å². The van der Waals surface area contributed by atoms with Crippen molar-refractivity contribution in [1.82, 2.24) is 5.32 Å². The van der Waals surface area contributed by atoms with E-state index in [2.05, 4.69) is 50.2 Å². The summed E-state index contributed by atoms with van der Waals surface area (Å²) < 4.78 is 6.01. The molecule has 1 saturated carbocycles. The average molecular weight is 361 g/mol. The molecule has 0 saturated heterocycles. The molecule has 1 aromatic rings. The zero-order valence-electron chi connectivity index (χ0n) is 16.9. The second-order valence-electron chi connectivity index (χ2n) is 8.14. The summed E-state index contributed by atoms with van der Waals surface area (Å²) in [7, 11) is 2.08. The molecule has 1 N–H and O–H groups in total. The zero-order chi connectivity index (χ0) is 18.9. The van der Waals surface area contributed by atoms with E-state index in [0.717, 1.165) is 19.4 Å². The van der Waals surface area contributed by atoms with Gasteiger partial charge in [0.05, 0.1) is 6.10 Å². The van der Waals surface area contributed by atoms with E-state index in [0.29, 0.717) is 24.3 Å². The summed E-state index contributed by atoms with van der Waals surface area (Å²) in [4.78, 5) is 14.3. The van der Waals surface area contributed by atoms with Crippen LogP contribution in [0.15, 0.2) is 30.3 Å². The Morgan fingerprint density at radius 2 is 2.00 bits per heavy atom. The Labute approximate surface area is 159 Å². The first-order chi connectivity index (χ1) is 12.5. The van der Waals surface area contributed by atoms with Crippen molar-refractivity contribution >= 4 is 11.6 Å². The lowest BCUT2D eigenvalue weighted by molar-refractivity contribution is -0.131. The molecule has 3 atom stereocenters. The van der Waals surface area contributed by atoms with Crippen molar-refractivity contribution in [3.8, 4) is 0 Å². The van der Waals surface area contributed by atoms with Crippen LogP contribution in [0.1, 0.15) is 46.5 Å². The van der Waals surface area contributed by atoms with Gasteiger partial charge in [0.15, 0.2) is 0 Å². The van der Waals surface area contributed by atoms with Gasteiger partial charge in [-0.1, -0.05) is 45.4 Å². The number of anilines is 1. The molecular weight excluding hydrogens is 324 g/mol. The number of rotatable bonds is 9. The third-order valence-corrected chi connectivity index (χ3v) is 5.58. The smallest absolute Gasteiger partial charge is 0.246 e. The van der Waals surface area contributed by atoms with Gasteiger partial charge in [-0.05, 0) is 49.1 Å². The first-order valence-electron chi connectivity index (χ1n) is 10.1. The zero-order valence-corrected chi connectivity index (χ0v) is 16.9. The van der Waals surface area contributed by atoms with Gasteiger partial charge >= 0.3 is 0 Å². The number of para-hydroxylation sites is 1. The molecule has 1 aliphatic rings. The van der Waals surface area contributed by atoms with E-state index in [4.69, 9.17) is 4.74 Å². The molecular formula is C22H36N2O2. The maximum absolute atomic E-state index is 12.1. The van der Waals surface area contributed by atoms with Crippen LogP contribution in [-0.2, 0) is 9.53 Å². The van der Waals surface area contributed by atoms with Gasteiger partial charge in [-0.3, -0.25) is 4.79 Å². The third kappa shape index (κ3) is 6.64. The molecule has 1 amide bonds. The van der Waals surface area contributed by atoms with E-state index < -0.39 is 0 Å². The van der Waals surface area contributed by atoms with Gasteiger partial charge in [-0.2, -0.15) is 0 Å². The molecule has 0 spiro atoms. The number of amides is 1. The van der Waals surface area contributed by atoms with Crippen molar-refractivity contribution in [3.05, 3.63) is 30.3 Å². The Morgan fingerprint density at radius 1 is 1.27 bits per heavy atom. The number of nitrogens with one attached hydrogen (secondary N) is 1. The van der Waals surface area contributed by atoms with Crippen LogP contribution in [0.25, 0.3) is 0 Å². The molecule has 0 bridgehead atoms. The highest BCUT2D eigenvalue weighted by Crippen LogP contribution is 2.35. The first kappa shape index (κ1) is 20.8. The molecule has 2 rings (SSSR count). The Balaban J connectivity index is 1.64. The fourth-order valence-corrected chi connectivity index (χ4v) is 3.90. The number of hydrogen-bond acceptors (Lipinski definition) is 3. The molecule has 1 aliphatic carbocycles. The highest BCUT2D eigenvalue weighted by atomic mass is 16.5. The molecule has 146 valence electrons. The highest BCUT2D eigenvalue weighted by molar-refractivity contribution is 5.77. The molecule has 0 unspecified atom stereocenters. The van der Waals surface area contributed by atoms with E-state index in [1.165, 1.54) is 18.5 Å². The van der Waals surface area contributed by atoms with Crippen LogP contribution in [0.3, 0.4) is 0 Å². The topological polar surface area (TPSA) is 41.6 Å². The second kappa shape index (κ2) is 10.6. The van der Waals surface area contributed by atoms with Crippen LogP contribution in [0, 0.1) is 17.8 Å². The number of ether oxygens (including phenoxy) is 1. The van der Waals surface area contributed by atoms with Crippen LogP contribution < -0.4 is 10.2 Å². The second-order valence-corrected chi connectivity index (χ2v) is 8.14. The summed E-state index contributed by atoms with van der Waals surface area (Å²) in [6.45, 7) is 8.61. The lowest BCUT2D eigenvalue weighted by Gasteiger charge is -2.37. The van der Waals surface area contributed by atoms with E-state index in [-0.39, 0.29) is 18.6 Å². The van der Waals surface area contributed by atoms with Crippen LogP contribution in [0.2, 0.25) is 0 Å². The molecule has 26 heavy (non-hydrogen) atoms. The summed E-state index contributed by atoms with van der Waals surface area (Å²) in [5, 5.41) is 2.99. The molecule has 1 fully saturated rings. The first-order valence-corrected chi connectivity index (χ1v) is 10.1. The van der Waals surface area contributed by atoms with Gasteiger partial charge in [0.2, 0.25) is 5.91 Å². The van der Waals surface area contributed by atoms with E-state index in [1.54, 1.807) is 0 Å². The summed E-state index contributed by atoms with van der Waals surface area (Å²) in [5.41, 5.74) is 1.20. The minimum atomic E-state index is 0.00750. The van der Waals surface area contributed by atoms with Gasteiger partial charge in [-0.15, -0.1) is 0 Å². The van der Waals surface area contributed by atoms with Crippen molar-refractivity contribution in [1.29, 1.82) is 0 Å². The number of carbonyl (C=O) groups excluding carboxylic acids is 1. The minimum absolute atomic E-state index is 0.00750. The van der Waals surface area contributed by atoms with Crippen molar-refractivity contribution in [2.24, 2.45) is 17.8 Å².